The van der Waals surface area contributed by atoms with Crippen molar-refractivity contribution >= 4 is 39.7 Å². The molecular formula is C24H21N3O3S. The molecule has 0 aliphatic carbocycles. The van der Waals surface area contributed by atoms with Gasteiger partial charge in [-0.3, -0.25) is 9.59 Å². The predicted molar refractivity (Wildman–Crippen MR) is 124 cm³/mol. The minimum absolute atomic E-state index is 0.166. The van der Waals surface area contributed by atoms with Crippen LogP contribution in [0.25, 0.3) is 21.5 Å². The number of nitrogens with zero attached hydrogens (tertiary/aromatic N) is 1. The summed E-state index contributed by atoms with van der Waals surface area (Å²) in [5, 5.41) is 8.22. The van der Waals surface area contributed by atoms with E-state index in [1.807, 2.05) is 60.8 Å². The maximum absolute atomic E-state index is 13.0. The molecule has 0 saturated heterocycles. The molecule has 7 heteroatoms. The van der Waals surface area contributed by atoms with Crippen LogP contribution in [0.15, 0.2) is 66.0 Å². The lowest BCUT2D eigenvalue weighted by Crippen LogP contribution is -2.33. The third-order valence-corrected chi connectivity index (χ3v) is 5.67. The van der Waals surface area contributed by atoms with Crippen molar-refractivity contribution in [3.63, 3.8) is 0 Å². The molecule has 4 rings (SSSR count). The topological polar surface area (TPSA) is 80.3 Å². The average molecular weight is 432 g/mol. The lowest BCUT2D eigenvalue weighted by Gasteiger charge is -2.12. The number of hydrogen-bond acceptors (Lipinski definition) is 5. The van der Waals surface area contributed by atoms with E-state index < -0.39 is 0 Å². The van der Waals surface area contributed by atoms with E-state index in [1.165, 1.54) is 0 Å². The van der Waals surface area contributed by atoms with Crippen molar-refractivity contribution in [1.29, 1.82) is 0 Å². The first-order chi connectivity index (χ1) is 15.0. The van der Waals surface area contributed by atoms with Crippen LogP contribution in [0, 0.1) is 6.92 Å². The Morgan fingerprint density at radius 3 is 2.68 bits per heavy atom. The number of pyridine rings is 1. The number of anilines is 1. The molecule has 0 aliphatic heterocycles. The lowest BCUT2D eigenvalue weighted by atomic mass is 10.1. The summed E-state index contributed by atoms with van der Waals surface area (Å²) in [6.07, 6.45) is 0. The summed E-state index contributed by atoms with van der Waals surface area (Å²) in [4.78, 5) is 31.1. The smallest absolute Gasteiger partial charge is 0.252 e. The van der Waals surface area contributed by atoms with E-state index in [1.54, 1.807) is 30.6 Å². The molecule has 0 bridgehead atoms. The van der Waals surface area contributed by atoms with Crippen molar-refractivity contribution in [2.24, 2.45) is 0 Å². The first kappa shape index (κ1) is 20.6. The molecule has 2 amide bonds. The number of methoxy groups -OCH3 is 1. The van der Waals surface area contributed by atoms with Gasteiger partial charge < -0.3 is 15.4 Å². The van der Waals surface area contributed by atoms with Crippen LogP contribution in [0.3, 0.4) is 0 Å². The summed E-state index contributed by atoms with van der Waals surface area (Å²) >= 11 is 1.56. The highest BCUT2D eigenvalue weighted by Crippen LogP contribution is 2.28. The van der Waals surface area contributed by atoms with Crippen LogP contribution in [-0.4, -0.2) is 30.5 Å². The SMILES string of the molecule is COc1ccc(C)cc1NC(=O)CNC(=O)c1cc(-c2cccs2)nc2ccccc12. The maximum Gasteiger partial charge on any atom is 0.252 e. The molecule has 0 atom stereocenters. The fraction of sp³-hybridized carbons (Fsp3) is 0.125. The van der Waals surface area contributed by atoms with E-state index in [0.29, 0.717) is 17.0 Å². The van der Waals surface area contributed by atoms with Gasteiger partial charge in [-0.15, -0.1) is 11.3 Å². The zero-order valence-electron chi connectivity index (χ0n) is 17.1. The van der Waals surface area contributed by atoms with E-state index in [2.05, 4.69) is 15.6 Å². The molecule has 0 unspecified atom stereocenters. The van der Waals surface area contributed by atoms with Gasteiger partial charge in [-0.05, 0) is 48.2 Å². The summed E-state index contributed by atoms with van der Waals surface area (Å²) < 4.78 is 5.28. The zero-order valence-corrected chi connectivity index (χ0v) is 18.0. The van der Waals surface area contributed by atoms with Crippen LogP contribution in [0.4, 0.5) is 5.69 Å². The van der Waals surface area contributed by atoms with Gasteiger partial charge in [0.05, 0.1) is 41.0 Å². The van der Waals surface area contributed by atoms with Gasteiger partial charge in [0, 0.05) is 5.39 Å². The van der Waals surface area contributed by atoms with Crippen molar-refractivity contribution < 1.29 is 14.3 Å². The fourth-order valence-corrected chi connectivity index (χ4v) is 3.97. The number of thiophene rings is 1. The Bertz CT molecular complexity index is 1250. The van der Waals surface area contributed by atoms with Crippen LogP contribution in [-0.2, 0) is 4.79 Å². The van der Waals surface area contributed by atoms with E-state index in [-0.39, 0.29) is 18.4 Å². The van der Waals surface area contributed by atoms with Crippen molar-refractivity contribution in [3.05, 3.63) is 77.2 Å². The average Bonchev–Trinajstić information content (AvgIpc) is 3.32. The Morgan fingerprint density at radius 1 is 1.06 bits per heavy atom. The number of aryl methyl sites for hydroxylation is 1. The minimum Gasteiger partial charge on any atom is -0.495 e. The Morgan fingerprint density at radius 2 is 1.90 bits per heavy atom. The molecule has 0 aliphatic rings. The predicted octanol–water partition coefficient (Wildman–Crippen LogP) is 4.65. The summed E-state index contributed by atoms with van der Waals surface area (Å²) in [5.41, 5.74) is 3.50. The van der Waals surface area contributed by atoms with E-state index >= 15 is 0 Å². The Labute approximate surface area is 183 Å². The highest BCUT2D eigenvalue weighted by Gasteiger charge is 2.16. The molecule has 6 nitrogen and oxygen atoms in total. The zero-order chi connectivity index (χ0) is 21.8. The van der Waals surface area contributed by atoms with Gasteiger partial charge in [-0.1, -0.05) is 30.3 Å². The number of nitrogens with one attached hydrogen (secondary N) is 2. The van der Waals surface area contributed by atoms with Gasteiger partial charge in [0.1, 0.15) is 5.75 Å². The van der Waals surface area contributed by atoms with Crippen LogP contribution < -0.4 is 15.4 Å². The molecule has 0 radical (unpaired) electrons. The molecule has 0 saturated carbocycles. The molecule has 2 aromatic carbocycles. The summed E-state index contributed by atoms with van der Waals surface area (Å²) in [7, 11) is 1.54. The number of fused-ring (bicyclic) bond motifs is 1. The Balaban J connectivity index is 1.54. The number of rotatable bonds is 6. The highest BCUT2D eigenvalue weighted by molar-refractivity contribution is 7.13. The second-order valence-electron chi connectivity index (χ2n) is 6.98. The number of amides is 2. The third-order valence-electron chi connectivity index (χ3n) is 4.77. The number of ether oxygens (including phenoxy) is 1. The maximum atomic E-state index is 13.0. The number of aromatic nitrogens is 1. The van der Waals surface area contributed by atoms with Gasteiger partial charge in [-0.2, -0.15) is 0 Å². The molecule has 0 fully saturated rings. The number of carbonyl (C=O) groups excluding carboxylic acids is 2. The van der Waals surface area contributed by atoms with Gasteiger partial charge in [0.25, 0.3) is 5.91 Å². The fourth-order valence-electron chi connectivity index (χ4n) is 3.28. The van der Waals surface area contributed by atoms with Crippen LogP contribution in [0.5, 0.6) is 5.75 Å². The van der Waals surface area contributed by atoms with Gasteiger partial charge in [-0.25, -0.2) is 4.98 Å². The molecule has 4 aromatic rings. The van der Waals surface area contributed by atoms with Crippen molar-refractivity contribution in [2.45, 2.75) is 6.92 Å². The Kier molecular flexibility index (Phi) is 5.95. The third kappa shape index (κ3) is 4.57. The standard InChI is InChI=1S/C24H21N3O3S/c1-15-9-10-21(30-2)19(12-15)27-23(28)14-25-24(29)17-13-20(22-8-5-11-31-22)26-18-7-4-3-6-16(17)18/h3-13H,14H2,1-2H3,(H,25,29)(H,27,28). The molecule has 0 spiro atoms. The molecule has 31 heavy (non-hydrogen) atoms. The number of carbonyl (C=O) groups is 2. The number of hydrogen-bond donors (Lipinski definition) is 2. The molecular weight excluding hydrogens is 410 g/mol. The second kappa shape index (κ2) is 8.97. The molecule has 2 N–H and O–H groups in total. The molecule has 2 heterocycles. The van der Waals surface area contributed by atoms with Crippen LogP contribution in [0.2, 0.25) is 0 Å². The van der Waals surface area contributed by atoms with Crippen molar-refractivity contribution in [1.82, 2.24) is 10.3 Å². The number of para-hydroxylation sites is 1. The first-order valence-corrected chi connectivity index (χ1v) is 10.6. The second-order valence-corrected chi connectivity index (χ2v) is 7.93. The minimum atomic E-state index is -0.339. The van der Waals surface area contributed by atoms with Crippen molar-refractivity contribution in [2.75, 3.05) is 19.0 Å². The van der Waals surface area contributed by atoms with Crippen LogP contribution in [0.1, 0.15) is 15.9 Å². The summed E-state index contributed by atoms with van der Waals surface area (Å²) in [5.74, 6) is -0.108. The van der Waals surface area contributed by atoms with E-state index in [9.17, 15) is 9.59 Å². The number of benzene rings is 2. The van der Waals surface area contributed by atoms with Gasteiger partial charge in [0.15, 0.2) is 0 Å². The van der Waals surface area contributed by atoms with Crippen LogP contribution >= 0.6 is 11.3 Å². The summed E-state index contributed by atoms with van der Waals surface area (Å²) in [6, 6.07) is 18.7. The van der Waals surface area contributed by atoms with Crippen molar-refractivity contribution in [3.8, 4) is 16.3 Å². The van der Waals surface area contributed by atoms with E-state index in [4.69, 9.17) is 4.74 Å². The normalized spacial score (nSPS) is 10.6. The Hall–Kier alpha value is -3.71. The van der Waals surface area contributed by atoms with E-state index in [0.717, 1.165) is 27.0 Å². The highest BCUT2D eigenvalue weighted by atomic mass is 32.1. The largest absolute Gasteiger partial charge is 0.495 e. The lowest BCUT2D eigenvalue weighted by molar-refractivity contribution is -0.115. The van der Waals surface area contributed by atoms with Gasteiger partial charge in [0.2, 0.25) is 5.91 Å². The molecule has 2 aromatic heterocycles. The quantitative estimate of drug-likeness (QED) is 0.466. The monoisotopic (exact) mass is 431 g/mol. The van der Waals surface area contributed by atoms with Gasteiger partial charge >= 0.3 is 0 Å². The molecule has 156 valence electrons. The first-order valence-electron chi connectivity index (χ1n) is 9.71. The summed E-state index contributed by atoms with van der Waals surface area (Å²) in [6.45, 7) is 1.76.